The van der Waals surface area contributed by atoms with Gasteiger partial charge >= 0.3 is 6.36 Å². The van der Waals surface area contributed by atoms with E-state index in [1.165, 1.54) is 12.1 Å². The van der Waals surface area contributed by atoms with Gasteiger partial charge in [-0.2, -0.15) is 5.10 Å². The average Bonchev–Trinajstić information content (AvgIpc) is 2.70. The molecule has 2 aromatic rings. The van der Waals surface area contributed by atoms with Gasteiger partial charge in [0.15, 0.2) is 0 Å². The van der Waals surface area contributed by atoms with Gasteiger partial charge < -0.3 is 10.1 Å². The first-order valence-electron chi connectivity index (χ1n) is 5.95. The van der Waals surface area contributed by atoms with Crippen molar-refractivity contribution >= 4 is 11.6 Å². The van der Waals surface area contributed by atoms with Crippen molar-refractivity contribution < 1.29 is 22.7 Å². The summed E-state index contributed by atoms with van der Waals surface area (Å²) < 4.78 is 39.8. The summed E-state index contributed by atoms with van der Waals surface area (Å²) in [4.78, 5) is 12.0. The lowest BCUT2D eigenvalue weighted by atomic mass is 10.2. The van der Waals surface area contributed by atoms with E-state index in [2.05, 4.69) is 20.3 Å². The number of nitrogens with one attached hydrogen (secondary N) is 2. The van der Waals surface area contributed by atoms with Crippen LogP contribution in [0.2, 0.25) is 0 Å². The largest absolute Gasteiger partial charge is 0.573 e. The Labute approximate surface area is 118 Å². The molecule has 0 bridgehead atoms. The van der Waals surface area contributed by atoms with E-state index >= 15 is 0 Å². The van der Waals surface area contributed by atoms with Crippen molar-refractivity contribution in [2.24, 2.45) is 0 Å². The summed E-state index contributed by atoms with van der Waals surface area (Å²) in [5.74, 6) is -0.737. The fraction of sp³-hybridized carbons (Fsp3) is 0.231. The maximum absolute atomic E-state index is 12.0. The minimum Gasteiger partial charge on any atom is -0.406 e. The molecular formula is C13H12F3N3O2. The second-order valence-corrected chi connectivity index (χ2v) is 4.34. The lowest BCUT2D eigenvalue weighted by molar-refractivity contribution is -0.274. The van der Waals surface area contributed by atoms with Crippen LogP contribution >= 0.6 is 0 Å². The van der Waals surface area contributed by atoms with E-state index in [0.29, 0.717) is 22.6 Å². The number of halogens is 3. The van der Waals surface area contributed by atoms with Crippen LogP contribution in [0.5, 0.6) is 5.75 Å². The van der Waals surface area contributed by atoms with Crippen molar-refractivity contribution in [1.82, 2.24) is 10.2 Å². The molecule has 1 aromatic heterocycles. The Hall–Kier alpha value is -2.51. The maximum atomic E-state index is 12.0. The minimum atomic E-state index is -4.74. The van der Waals surface area contributed by atoms with E-state index in [0.717, 1.165) is 12.1 Å². The number of aryl methyl sites for hydroxylation is 2. The van der Waals surface area contributed by atoms with E-state index in [4.69, 9.17) is 0 Å². The molecular weight excluding hydrogens is 287 g/mol. The van der Waals surface area contributed by atoms with Crippen molar-refractivity contribution in [2.45, 2.75) is 20.2 Å². The minimum absolute atomic E-state index is 0.351. The van der Waals surface area contributed by atoms with Gasteiger partial charge in [-0.15, -0.1) is 13.2 Å². The monoisotopic (exact) mass is 299 g/mol. The normalized spacial score (nSPS) is 11.3. The molecule has 0 fully saturated rings. The third-order valence-corrected chi connectivity index (χ3v) is 2.70. The number of hydrogen-bond donors (Lipinski definition) is 2. The summed E-state index contributed by atoms with van der Waals surface area (Å²) in [6, 6.07) is 4.89. The molecule has 0 radical (unpaired) electrons. The fourth-order valence-electron chi connectivity index (χ4n) is 1.82. The predicted molar refractivity (Wildman–Crippen MR) is 69.1 cm³/mol. The number of anilines is 1. The van der Waals surface area contributed by atoms with Crippen LogP contribution in [0.4, 0.5) is 18.9 Å². The lowest BCUT2D eigenvalue weighted by Gasteiger charge is -2.10. The topological polar surface area (TPSA) is 67.0 Å². The number of rotatable bonds is 3. The molecule has 1 aromatic carbocycles. The van der Waals surface area contributed by atoms with Crippen LogP contribution in [0.3, 0.4) is 0 Å². The number of ether oxygens (including phenoxy) is 1. The van der Waals surface area contributed by atoms with Crippen LogP contribution in [0, 0.1) is 13.8 Å². The Morgan fingerprint density at radius 3 is 2.33 bits per heavy atom. The molecule has 5 nitrogen and oxygen atoms in total. The molecule has 1 amide bonds. The average molecular weight is 299 g/mol. The number of carbonyl (C=O) groups excluding carboxylic acids is 1. The Morgan fingerprint density at radius 2 is 1.86 bits per heavy atom. The zero-order valence-electron chi connectivity index (χ0n) is 11.2. The van der Waals surface area contributed by atoms with Gasteiger partial charge in [0.1, 0.15) is 5.75 Å². The highest BCUT2D eigenvalue weighted by molar-refractivity contribution is 6.05. The Bertz CT molecular complexity index is 628. The summed E-state index contributed by atoms with van der Waals surface area (Å²) in [5.41, 5.74) is 1.92. The second kappa shape index (κ2) is 5.47. The van der Waals surface area contributed by atoms with Crippen molar-refractivity contribution in [2.75, 3.05) is 5.32 Å². The third kappa shape index (κ3) is 3.74. The molecule has 0 aliphatic rings. The van der Waals surface area contributed by atoms with Crippen LogP contribution < -0.4 is 10.1 Å². The zero-order valence-corrected chi connectivity index (χ0v) is 11.2. The number of H-pyrrole nitrogens is 1. The van der Waals surface area contributed by atoms with Gasteiger partial charge in [-0.05, 0) is 38.1 Å². The van der Waals surface area contributed by atoms with E-state index < -0.39 is 6.36 Å². The molecule has 0 spiro atoms. The molecule has 0 saturated heterocycles. The molecule has 8 heteroatoms. The molecule has 0 aliphatic heterocycles. The van der Waals surface area contributed by atoms with Gasteiger partial charge in [0, 0.05) is 11.4 Å². The van der Waals surface area contributed by atoms with E-state index in [-0.39, 0.29) is 11.7 Å². The number of carbonyl (C=O) groups is 1. The number of aromatic amines is 1. The number of hydrogen-bond acceptors (Lipinski definition) is 3. The third-order valence-electron chi connectivity index (χ3n) is 2.70. The van der Waals surface area contributed by atoms with Crippen molar-refractivity contribution in [3.8, 4) is 5.75 Å². The van der Waals surface area contributed by atoms with Gasteiger partial charge in [-0.3, -0.25) is 9.89 Å². The van der Waals surface area contributed by atoms with Crippen molar-refractivity contribution in [1.29, 1.82) is 0 Å². The zero-order chi connectivity index (χ0) is 15.6. The molecule has 0 saturated carbocycles. The standard InChI is InChI=1S/C13H12F3N3O2/c1-7-11(8(2)19-18-7)12(20)17-9-3-5-10(6-4-9)21-13(14,15)16/h3-6H,1-2H3,(H,17,20)(H,18,19). The number of aromatic nitrogens is 2. The van der Waals surface area contributed by atoms with E-state index in [1.54, 1.807) is 13.8 Å². The van der Waals surface area contributed by atoms with Crippen LogP contribution in [-0.2, 0) is 0 Å². The molecule has 2 N–H and O–H groups in total. The molecule has 0 aliphatic carbocycles. The molecule has 0 unspecified atom stereocenters. The summed E-state index contributed by atoms with van der Waals surface area (Å²) >= 11 is 0. The van der Waals surface area contributed by atoms with Gasteiger partial charge in [0.2, 0.25) is 0 Å². The van der Waals surface area contributed by atoms with Crippen molar-refractivity contribution in [3.05, 3.63) is 41.2 Å². The second-order valence-electron chi connectivity index (χ2n) is 4.34. The first-order chi connectivity index (χ1) is 9.76. The molecule has 0 atom stereocenters. The predicted octanol–water partition coefficient (Wildman–Crippen LogP) is 3.18. The van der Waals surface area contributed by atoms with Gasteiger partial charge in [0.05, 0.1) is 11.3 Å². The van der Waals surface area contributed by atoms with Crippen LogP contribution in [0.15, 0.2) is 24.3 Å². The van der Waals surface area contributed by atoms with Crippen LogP contribution in [-0.4, -0.2) is 22.5 Å². The Morgan fingerprint density at radius 1 is 1.24 bits per heavy atom. The van der Waals surface area contributed by atoms with Gasteiger partial charge in [-0.1, -0.05) is 0 Å². The molecule has 2 rings (SSSR count). The van der Waals surface area contributed by atoms with Gasteiger partial charge in [0.25, 0.3) is 5.91 Å². The summed E-state index contributed by atoms with van der Waals surface area (Å²) in [6.45, 7) is 3.38. The Kier molecular flexibility index (Phi) is 3.88. The van der Waals surface area contributed by atoms with Crippen LogP contribution in [0.1, 0.15) is 21.7 Å². The smallest absolute Gasteiger partial charge is 0.406 e. The van der Waals surface area contributed by atoms with Gasteiger partial charge in [-0.25, -0.2) is 0 Å². The summed E-state index contributed by atoms with van der Waals surface area (Å²) in [7, 11) is 0. The highest BCUT2D eigenvalue weighted by atomic mass is 19.4. The highest BCUT2D eigenvalue weighted by Crippen LogP contribution is 2.24. The van der Waals surface area contributed by atoms with Crippen molar-refractivity contribution in [3.63, 3.8) is 0 Å². The quantitative estimate of drug-likeness (QED) is 0.914. The summed E-state index contributed by atoms with van der Waals surface area (Å²) in [5, 5.41) is 9.17. The number of nitrogens with zero attached hydrogens (tertiary/aromatic N) is 1. The lowest BCUT2D eigenvalue weighted by Crippen LogP contribution is -2.17. The molecule has 21 heavy (non-hydrogen) atoms. The Balaban J connectivity index is 2.09. The van der Waals surface area contributed by atoms with E-state index in [9.17, 15) is 18.0 Å². The number of amides is 1. The molecule has 112 valence electrons. The first kappa shape index (κ1) is 14.9. The maximum Gasteiger partial charge on any atom is 0.573 e. The summed E-state index contributed by atoms with van der Waals surface area (Å²) in [6.07, 6.45) is -4.74. The SMILES string of the molecule is Cc1n[nH]c(C)c1C(=O)Nc1ccc(OC(F)(F)F)cc1. The molecule has 1 heterocycles. The van der Waals surface area contributed by atoms with E-state index in [1.807, 2.05) is 0 Å². The number of alkyl halides is 3. The highest BCUT2D eigenvalue weighted by Gasteiger charge is 2.31. The van der Waals surface area contributed by atoms with Crippen LogP contribution in [0.25, 0.3) is 0 Å². The first-order valence-corrected chi connectivity index (χ1v) is 5.95. The fourth-order valence-corrected chi connectivity index (χ4v) is 1.82. The number of benzene rings is 1.